The highest BCUT2D eigenvalue weighted by atomic mass is 32.2. The fraction of sp³-hybridized carbons (Fsp3) is 0.429. The molecule has 5 nitrogen and oxygen atoms in total. The van der Waals surface area contributed by atoms with E-state index in [1.165, 1.54) is 18.0 Å². The highest BCUT2D eigenvalue weighted by Gasteiger charge is 1.94. The molecule has 72 valence electrons. The summed E-state index contributed by atoms with van der Waals surface area (Å²) in [5.41, 5.74) is 4.75. The van der Waals surface area contributed by atoms with E-state index in [-0.39, 0.29) is 0 Å². The van der Waals surface area contributed by atoms with Crippen LogP contribution < -0.4 is 11.4 Å². The average Bonchev–Trinajstić information content (AvgIpc) is 2.59. The van der Waals surface area contributed by atoms with Gasteiger partial charge in [-0.25, -0.2) is 9.78 Å². The first-order chi connectivity index (χ1) is 6.29. The van der Waals surface area contributed by atoms with Crippen molar-refractivity contribution >= 4 is 17.6 Å². The van der Waals surface area contributed by atoms with Crippen LogP contribution in [0.3, 0.4) is 0 Å². The van der Waals surface area contributed by atoms with E-state index >= 15 is 0 Å². The van der Waals surface area contributed by atoms with Crippen molar-refractivity contribution in [2.45, 2.75) is 0 Å². The highest BCUT2D eigenvalue weighted by Crippen LogP contribution is 2.06. The van der Waals surface area contributed by atoms with Gasteiger partial charge in [0, 0.05) is 11.9 Å². The first-order valence-electron chi connectivity index (χ1n) is 3.75. The summed E-state index contributed by atoms with van der Waals surface area (Å²) >= 11 is 1.85. The molecule has 0 bridgehead atoms. The first-order valence-corrected chi connectivity index (χ1v) is 4.91. The van der Waals surface area contributed by atoms with Gasteiger partial charge < -0.3 is 10.5 Å². The predicted molar refractivity (Wildman–Crippen MR) is 52.5 cm³/mol. The normalized spacial score (nSPS) is 14.8. The maximum Gasteiger partial charge on any atom is 0.346 e. The van der Waals surface area contributed by atoms with E-state index in [2.05, 4.69) is 9.97 Å². The van der Waals surface area contributed by atoms with Crippen LogP contribution in [0.25, 0.3) is 0 Å². The smallest absolute Gasteiger partial charge is 0.346 e. The molecule has 0 aromatic carbocycles. The lowest BCUT2D eigenvalue weighted by Crippen LogP contribution is -2.10. The zero-order valence-corrected chi connectivity index (χ0v) is 7.84. The molecular weight excluding hydrogens is 190 g/mol. The highest BCUT2D eigenvalue weighted by molar-refractivity contribution is 7.99. The molecule has 6 heteroatoms. The fourth-order valence-electron chi connectivity index (χ4n) is 0.677. The Morgan fingerprint density at radius 3 is 2.85 bits per heavy atom. The van der Waals surface area contributed by atoms with Crippen molar-refractivity contribution in [2.24, 2.45) is 0 Å². The maximum atomic E-state index is 10.2. The van der Waals surface area contributed by atoms with Crippen molar-refractivity contribution in [3.05, 3.63) is 22.7 Å². The molecule has 1 aliphatic heterocycles. The van der Waals surface area contributed by atoms with E-state index in [1.807, 2.05) is 11.8 Å². The van der Waals surface area contributed by atoms with Crippen molar-refractivity contribution in [1.29, 1.82) is 0 Å². The summed E-state index contributed by atoms with van der Waals surface area (Å²) in [6.45, 7) is 0.963. The van der Waals surface area contributed by atoms with Crippen LogP contribution in [0.15, 0.2) is 17.1 Å². The number of hydrogen-bond acceptors (Lipinski definition) is 5. The molecule has 1 aromatic rings. The molecule has 0 saturated carbocycles. The summed E-state index contributed by atoms with van der Waals surface area (Å²) in [5, 5.41) is 0. The van der Waals surface area contributed by atoms with E-state index in [9.17, 15) is 4.79 Å². The Morgan fingerprint density at radius 2 is 2.54 bits per heavy atom. The van der Waals surface area contributed by atoms with Gasteiger partial charge in [0.25, 0.3) is 0 Å². The van der Waals surface area contributed by atoms with Crippen LogP contribution in [0.1, 0.15) is 0 Å². The van der Waals surface area contributed by atoms with Crippen molar-refractivity contribution in [3.8, 4) is 0 Å². The molecule has 1 aliphatic rings. The molecular formula is C7H11N3O2S. The lowest BCUT2D eigenvalue weighted by Gasteiger charge is -1.84. The Balaban J connectivity index is 0.000000145. The van der Waals surface area contributed by atoms with Gasteiger partial charge in [-0.15, -0.1) is 11.8 Å². The molecule has 13 heavy (non-hydrogen) atoms. The number of nitrogens with one attached hydrogen (secondary N) is 1. The number of ether oxygens (including phenoxy) is 1. The number of anilines is 1. The SMILES string of the molecule is C1CSCO1.Nc1ccnc(=O)[nH]1. The summed E-state index contributed by atoms with van der Waals surface area (Å²) in [6, 6.07) is 1.52. The molecule has 0 unspecified atom stereocenters. The van der Waals surface area contributed by atoms with Crippen LogP contribution in [-0.2, 0) is 4.74 Å². The Bertz CT molecular complexity index is 290. The Labute approximate surface area is 79.7 Å². The molecule has 1 saturated heterocycles. The second-order valence-electron chi connectivity index (χ2n) is 2.26. The number of nitrogens with two attached hydrogens (primary N) is 1. The van der Waals surface area contributed by atoms with Crippen LogP contribution in [0.2, 0.25) is 0 Å². The van der Waals surface area contributed by atoms with E-state index in [1.54, 1.807) is 0 Å². The predicted octanol–water partition coefficient (Wildman–Crippen LogP) is 0.0594. The number of aromatic nitrogens is 2. The lowest BCUT2D eigenvalue weighted by molar-refractivity contribution is 0.217. The number of rotatable bonds is 0. The summed E-state index contributed by atoms with van der Waals surface area (Å²) in [4.78, 5) is 15.9. The molecule has 0 aliphatic carbocycles. The Kier molecular flexibility index (Phi) is 4.34. The minimum atomic E-state index is -0.412. The van der Waals surface area contributed by atoms with Crippen LogP contribution in [-0.4, -0.2) is 28.3 Å². The number of thioether (sulfide) groups is 1. The standard InChI is InChI=1S/C4H5N3O.C3H6OS/c5-3-1-2-6-4(8)7-3;1-2-5-3-4-1/h1-2H,(H3,5,6,7,8);1-3H2. The van der Waals surface area contributed by atoms with Crippen molar-refractivity contribution < 1.29 is 4.74 Å². The third kappa shape index (κ3) is 4.54. The molecule has 2 heterocycles. The number of aromatic amines is 1. The summed E-state index contributed by atoms with van der Waals surface area (Å²) < 4.78 is 4.91. The largest absolute Gasteiger partial charge is 0.385 e. The molecule has 0 spiro atoms. The first kappa shape index (κ1) is 10.1. The number of H-pyrrole nitrogens is 1. The number of hydrogen-bond donors (Lipinski definition) is 2. The van der Waals surface area contributed by atoms with Gasteiger partial charge in [-0.2, -0.15) is 0 Å². The van der Waals surface area contributed by atoms with Crippen molar-refractivity contribution in [1.82, 2.24) is 9.97 Å². The van der Waals surface area contributed by atoms with E-state index in [0.717, 1.165) is 12.5 Å². The van der Waals surface area contributed by atoms with Gasteiger partial charge in [0.1, 0.15) is 5.82 Å². The maximum absolute atomic E-state index is 10.2. The van der Waals surface area contributed by atoms with Crippen LogP contribution in [0, 0.1) is 0 Å². The van der Waals surface area contributed by atoms with Gasteiger partial charge in [-0.05, 0) is 6.07 Å². The molecule has 0 atom stereocenters. The second-order valence-corrected chi connectivity index (χ2v) is 3.32. The number of nitrogens with zero attached hydrogens (tertiary/aromatic N) is 1. The van der Waals surface area contributed by atoms with E-state index in [4.69, 9.17) is 10.5 Å². The van der Waals surface area contributed by atoms with Crippen LogP contribution in [0.5, 0.6) is 0 Å². The van der Waals surface area contributed by atoms with Gasteiger partial charge in [-0.1, -0.05) is 0 Å². The summed E-state index contributed by atoms with van der Waals surface area (Å²) in [6.07, 6.45) is 1.36. The zero-order valence-electron chi connectivity index (χ0n) is 7.03. The third-order valence-electron chi connectivity index (χ3n) is 1.24. The second kappa shape index (κ2) is 5.60. The van der Waals surface area contributed by atoms with Gasteiger partial charge >= 0.3 is 5.69 Å². The summed E-state index contributed by atoms with van der Waals surface area (Å²) in [5.74, 6) is 2.45. The molecule has 2 rings (SSSR count). The van der Waals surface area contributed by atoms with Crippen molar-refractivity contribution in [3.63, 3.8) is 0 Å². The Morgan fingerprint density at radius 1 is 1.69 bits per heavy atom. The molecule has 3 N–H and O–H groups in total. The van der Waals surface area contributed by atoms with Gasteiger partial charge in [0.2, 0.25) is 0 Å². The van der Waals surface area contributed by atoms with Crippen LogP contribution in [0.4, 0.5) is 5.82 Å². The zero-order chi connectivity index (χ0) is 9.52. The van der Waals surface area contributed by atoms with Gasteiger partial charge in [0.15, 0.2) is 0 Å². The molecule has 0 amide bonds. The third-order valence-corrected chi connectivity index (χ3v) is 2.02. The average molecular weight is 201 g/mol. The van der Waals surface area contributed by atoms with Gasteiger partial charge in [0.05, 0.1) is 12.5 Å². The van der Waals surface area contributed by atoms with Gasteiger partial charge in [-0.3, -0.25) is 4.98 Å². The molecule has 1 fully saturated rings. The Hall–Kier alpha value is -1.01. The number of nitrogen functional groups attached to an aromatic ring is 1. The van der Waals surface area contributed by atoms with Crippen molar-refractivity contribution in [2.75, 3.05) is 24.0 Å². The fourth-order valence-corrected chi connectivity index (χ4v) is 1.27. The van der Waals surface area contributed by atoms with E-state index in [0.29, 0.717) is 5.82 Å². The lowest BCUT2D eigenvalue weighted by atomic mass is 10.6. The van der Waals surface area contributed by atoms with Crippen LogP contribution >= 0.6 is 11.8 Å². The van der Waals surface area contributed by atoms with E-state index < -0.39 is 5.69 Å². The quantitative estimate of drug-likeness (QED) is 0.620. The minimum Gasteiger partial charge on any atom is -0.385 e. The topological polar surface area (TPSA) is 81.0 Å². The minimum absolute atomic E-state index is 0.338. The summed E-state index contributed by atoms with van der Waals surface area (Å²) in [7, 11) is 0. The molecule has 1 aromatic heterocycles. The monoisotopic (exact) mass is 201 g/mol. The molecule has 0 radical (unpaired) electrons.